The van der Waals surface area contributed by atoms with Crippen molar-refractivity contribution in [2.75, 3.05) is 6.54 Å². The molecule has 0 heterocycles. The first-order valence-corrected chi connectivity index (χ1v) is 8.58. The molecule has 0 spiro atoms. The van der Waals surface area contributed by atoms with Gasteiger partial charge in [0, 0.05) is 11.6 Å². The van der Waals surface area contributed by atoms with Crippen LogP contribution in [0.5, 0.6) is 0 Å². The normalized spacial score (nSPS) is 12.5. The number of carbonyl (C=O) groups is 1. The van der Waals surface area contributed by atoms with Crippen LogP contribution in [0.2, 0.25) is 5.02 Å². The Morgan fingerprint density at radius 1 is 1.16 bits per heavy atom. The molecule has 0 saturated heterocycles. The van der Waals surface area contributed by atoms with E-state index in [1.54, 1.807) is 24.3 Å². The first kappa shape index (κ1) is 19.3. The van der Waals surface area contributed by atoms with E-state index in [2.05, 4.69) is 0 Å². The van der Waals surface area contributed by atoms with Crippen LogP contribution in [0.1, 0.15) is 38.0 Å². The highest BCUT2D eigenvalue weighted by Gasteiger charge is 2.24. The van der Waals surface area contributed by atoms with E-state index in [0.717, 1.165) is 5.56 Å². The van der Waals surface area contributed by atoms with Crippen LogP contribution in [0.4, 0.5) is 4.79 Å². The van der Waals surface area contributed by atoms with E-state index >= 15 is 0 Å². The fourth-order valence-corrected chi connectivity index (χ4v) is 2.56. The Bertz CT molecular complexity index is 698. The highest BCUT2D eigenvalue weighted by Crippen LogP contribution is 2.21. The first-order chi connectivity index (χ1) is 11.7. The monoisotopic (exact) mass is 361 g/mol. The molecule has 2 aromatic rings. The summed E-state index contributed by atoms with van der Waals surface area (Å²) in [4.78, 5) is 14.1. The number of aliphatic hydroxyl groups excluding tert-OH is 1. The van der Waals surface area contributed by atoms with E-state index in [1.165, 1.54) is 4.90 Å². The largest absolute Gasteiger partial charge is 0.444 e. The zero-order chi connectivity index (χ0) is 18.4. The number of rotatable bonds is 5. The van der Waals surface area contributed by atoms with Crippen molar-refractivity contribution in [3.05, 3.63) is 70.7 Å². The van der Waals surface area contributed by atoms with Crippen molar-refractivity contribution >= 4 is 17.7 Å². The second kappa shape index (κ2) is 8.37. The highest BCUT2D eigenvalue weighted by atomic mass is 35.5. The fourth-order valence-electron chi connectivity index (χ4n) is 2.36. The number of hydrogen-bond acceptors (Lipinski definition) is 3. The van der Waals surface area contributed by atoms with Gasteiger partial charge in [0.05, 0.1) is 12.6 Å². The molecule has 1 atom stereocenters. The second-order valence-corrected chi connectivity index (χ2v) is 7.35. The van der Waals surface area contributed by atoms with Gasteiger partial charge in [0.1, 0.15) is 5.60 Å². The molecule has 4 nitrogen and oxygen atoms in total. The zero-order valence-electron chi connectivity index (χ0n) is 14.8. The summed E-state index contributed by atoms with van der Waals surface area (Å²) in [6, 6.07) is 16.6. The summed E-state index contributed by atoms with van der Waals surface area (Å²) in [6.07, 6.45) is -1.31. The third-order valence-electron chi connectivity index (χ3n) is 3.49. The van der Waals surface area contributed by atoms with E-state index in [9.17, 15) is 9.90 Å². The molecule has 0 saturated carbocycles. The van der Waals surface area contributed by atoms with Gasteiger partial charge >= 0.3 is 6.09 Å². The summed E-state index contributed by atoms with van der Waals surface area (Å²) < 4.78 is 5.48. The van der Waals surface area contributed by atoms with Crippen LogP contribution in [-0.4, -0.2) is 28.2 Å². The van der Waals surface area contributed by atoms with Crippen molar-refractivity contribution in [2.24, 2.45) is 0 Å². The van der Waals surface area contributed by atoms with Gasteiger partial charge < -0.3 is 14.7 Å². The molecular formula is C20H24ClNO3. The van der Waals surface area contributed by atoms with Gasteiger partial charge in [0.25, 0.3) is 0 Å². The number of amides is 1. The third-order valence-corrected chi connectivity index (χ3v) is 3.73. The molecular weight excluding hydrogens is 338 g/mol. The van der Waals surface area contributed by atoms with Crippen molar-refractivity contribution in [2.45, 2.75) is 39.0 Å². The molecule has 134 valence electrons. The summed E-state index contributed by atoms with van der Waals surface area (Å²) in [6.45, 7) is 5.93. The van der Waals surface area contributed by atoms with Crippen LogP contribution >= 0.6 is 11.6 Å². The standard InChI is InChI=1S/C20H24ClNO3/c1-20(2,3)25-19(24)22(13-15-8-5-4-6-9-15)14-18(23)16-10-7-11-17(21)12-16/h4-12,18,23H,13-14H2,1-3H3. The summed E-state index contributed by atoms with van der Waals surface area (Å²) in [5.74, 6) is 0. The Hall–Kier alpha value is -2.04. The number of ether oxygens (including phenoxy) is 1. The number of aliphatic hydroxyl groups is 1. The van der Waals surface area contributed by atoms with Gasteiger partial charge in [-0.1, -0.05) is 54.1 Å². The Balaban J connectivity index is 2.17. The van der Waals surface area contributed by atoms with Crippen LogP contribution in [0.15, 0.2) is 54.6 Å². The van der Waals surface area contributed by atoms with Gasteiger partial charge in [-0.2, -0.15) is 0 Å². The van der Waals surface area contributed by atoms with Gasteiger partial charge in [0.15, 0.2) is 0 Å². The predicted molar refractivity (Wildman–Crippen MR) is 99.5 cm³/mol. The molecule has 0 radical (unpaired) electrons. The molecule has 2 rings (SSSR count). The molecule has 0 aromatic heterocycles. The molecule has 0 aliphatic heterocycles. The maximum absolute atomic E-state index is 12.6. The topological polar surface area (TPSA) is 49.8 Å². The first-order valence-electron chi connectivity index (χ1n) is 8.20. The fraction of sp³-hybridized carbons (Fsp3) is 0.350. The lowest BCUT2D eigenvalue weighted by Gasteiger charge is -2.29. The van der Waals surface area contributed by atoms with Crippen molar-refractivity contribution in [1.82, 2.24) is 4.90 Å². The van der Waals surface area contributed by atoms with E-state index in [4.69, 9.17) is 16.3 Å². The van der Waals surface area contributed by atoms with Crippen LogP contribution in [0, 0.1) is 0 Å². The van der Waals surface area contributed by atoms with Gasteiger partial charge in [0.2, 0.25) is 0 Å². The van der Waals surface area contributed by atoms with E-state index < -0.39 is 17.8 Å². The van der Waals surface area contributed by atoms with Crippen LogP contribution in [0.3, 0.4) is 0 Å². The molecule has 0 bridgehead atoms. The summed E-state index contributed by atoms with van der Waals surface area (Å²) in [5.41, 5.74) is 1.02. The highest BCUT2D eigenvalue weighted by molar-refractivity contribution is 6.30. The average Bonchev–Trinajstić information content (AvgIpc) is 2.53. The quantitative estimate of drug-likeness (QED) is 0.831. The lowest BCUT2D eigenvalue weighted by atomic mass is 10.1. The van der Waals surface area contributed by atoms with Crippen molar-refractivity contribution in [3.8, 4) is 0 Å². The third kappa shape index (κ3) is 6.40. The second-order valence-electron chi connectivity index (χ2n) is 6.92. The Morgan fingerprint density at radius 2 is 1.84 bits per heavy atom. The smallest absolute Gasteiger partial charge is 0.410 e. The Labute approximate surface area is 154 Å². The average molecular weight is 362 g/mol. The molecule has 25 heavy (non-hydrogen) atoms. The van der Waals surface area contributed by atoms with Gasteiger partial charge in [-0.3, -0.25) is 0 Å². The molecule has 5 heteroatoms. The maximum Gasteiger partial charge on any atom is 0.410 e. The van der Waals surface area contributed by atoms with E-state index in [1.807, 2.05) is 51.1 Å². The number of halogens is 1. The maximum atomic E-state index is 12.6. The molecule has 2 aromatic carbocycles. The molecule has 0 aliphatic carbocycles. The van der Waals surface area contributed by atoms with Gasteiger partial charge in [-0.05, 0) is 44.0 Å². The van der Waals surface area contributed by atoms with Crippen molar-refractivity contribution in [1.29, 1.82) is 0 Å². The van der Waals surface area contributed by atoms with Crippen LogP contribution in [0.25, 0.3) is 0 Å². The van der Waals surface area contributed by atoms with Crippen molar-refractivity contribution < 1.29 is 14.6 Å². The Morgan fingerprint density at radius 3 is 2.44 bits per heavy atom. The number of nitrogens with zero attached hydrogens (tertiary/aromatic N) is 1. The molecule has 1 N–H and O–H groups in total. The molecule has 0 aliphatic rings. The van der Waals surface area contributed by atoms with E-state index in [-0.39, 0.29) is 6.54 Å². The minimum Gasteiger partial charge on any atom is -0.444 e. The minimum atomic E-state index is -0.852. The zero-order valence-corrected chi connectivity index (χ0v) is 15.5. The SMILES string of the molecule is CC(C)(C)OC(=O)N(Cc1ccccc1)CC(O)c1cccc(Cl)c1. The summed E-state index contributed by atoms with van der Waals surface area (Å²) >= 11 is 5.99. The lowest BCUT2D eigenvalue weighted by Crippen LogP contribution is -2.38. The van der Waals surface area contributed by atoms with Crippen molar-refractivity contribution in [3.63, 3.8) is 0 Å². The van der Waals surface area contributed by atoms with Crippen LogP contribution in [-0.2, 0) is 11.3 Å². The Kier molecular flexibility index (Phi) is 6.45. The van der Waals surface area contributed by atoms with E-state index in [0.29, 0.717) is 17.1 Å². The number of carbonyl (C=O) groups excluding carboxylic acids is 1. The molecule has 1 amide bonds. The lowest BCUT2D eigenvalue weighted by molar-refractivity contribution is 0.0124. The number of benzene rings is 2. The molecule has 1 unspecified atom stereocenters. The summed E-state index contributed by atoms with van der Waals surface area (Å²) in [5, 5.41) is 11.1. The predicted octanol–water partition coefficient (Wildman–Crippen LogP) is 4.81. The van der Waals surface area contributed by atoms with Gasteiger partial charge in [-0.25, -0.2) is 4.79 Å². The van der Waals surface area contributed by atoms with Gasteiger partial charge in [-0.15, -0.1) is 0 Å². The summed E-state index contributed by atoms with van der Waals surface area (Å²) in [7, 11) is 0. The molecule has 0 fully saturated rings. The van der Waals surface area contributed by atoms with Crippen LogP contribution < -0.4 is 0 Å². The number of hydrogen-bond donors (Lipinski definition) is 1. The minimum absolute atomic E-state index is 0.115.